The summed E-state index contributed by atoms with van der Waals surface area (Å²) < 4.78 is 24.9. The highest BCUT2D eigenvalue weighted by Gasteiger charge is 2.59. The maximum absolute atomic E-state index is 11.9. The number of carbonyl (C=O) groups is 1. The van der Waals surface area contributed by atoms with Crippen LogP contribution in [0.3, 0.4) is 0 Å². The Morgan fingerprint density at radius 3 is 2.71 bits per heavy atom. The molecule has 4 rings (SSSR count). The number of hydrogen-bond donors (Lipinski definition) is 1. The van der Waals surface area contributed by atoms with Gasteiger partial charge >= 0.3 is 0 Å². The second kappa shape index (κ2) is 4.57. The van der Waals surface area contributed by atoms with E-state index in [2.05, 4.69) is 6.92 Å². The van der Waals surface area contributed by atoms with Crippen LogP contribution in [-0.4, -0.2) is 17.0 Å². The van der Waals surface area contributed by atoms with Gasteiger partial charge in [0.1, 0.15) is 5.78 Å². The van der Waals surface area contributed by atoms with Crippen molar-refractivity contribution >= 4 is 5.78 Å². The summed E-state index contributed by atoms with van der Waals surface area (Å²) in [5, 5.41) is 10.7. The summed E-state index contributed by atoms with van der Waals surface area (Å²) in [5.74, 6) is 1.90. The Hall–Kier alpha value is -0.370. The minimum Gasteiger partial charge on any atom is -0.393 e. The van der Waals surface area contributed by atoms with E-state index in [0.717, 1.165) is 38.5 Å². The quantitative estimate of drug-likeness (QED) is 0.734. The van der Waals surface area contributed by atoms with Crippen molar-refractivity contribution in [1.82, 2.24) is 0 Å². The molecule has 0 aromatic carbocycles. The van der Waals surface area contributed by atoms with E-state index in [4.69, 9.17) is 4.11 Å². The molecule has 4 saturated carbocycles. The molecule has 1 N–H and O–H groups in total. The molecule has 4 aliphatic carbocycles. The molecule has 4 fully saturated rings. The van der Waals surface area contributed by atoms with Crippen molar-refractivity contribution in [2.75, 3.05) is 0 Å². The lowest BCUT2D eigenvalue weighted by atomic mass is 9.45. The van der Waals surface area contributed by atoms with Crippen LogP contribution < -0.4 is 0 Å². The summed E-state index contributed by atoms with van der Waals surface area (Å²) >= 11 is 0. The van der Waals surface area contributed by atoms with E-state index in [1.165, 1.54) is 0 Å². The first-order valence-corrected chi connectivity index (χ1v) is 8.77. The largest absolute Gasteiger partial charge is 0.393 e. The predicted molar refractivity (Wildman–Crippen MR) is 82.7 cm³/mol. The number of carbonyl (C=O) groups excluding carboxylic acids is 1. The van der Waals surface area contributed by atoms with Gasteiger partial charge in [0.25, 0.3) is 0 Å². The normalized spacial score (nSPS) is 64.5. The molecule has 0 aliphatic heterocycles. The molecule has 0 heterocycles. The zero-order valence-corrected chi connectivity index (χ0v) is 13.3. The molecule has 0 amide bonds. The fraction of sp³-hybridized carbons (Fsp3) is 0.947. The standard InChI is InChI=1S/C19H30O2/c1-18-9-7-13(20)11-12(18)3-4-14-15-5-6-17(21)19(15,2)10-8-16(14)18/h12,14-17,21H,3-11H2,1-2H3/t12?,14-,15-,16-,17-,18-,19-/m0/s1/i6D2,17D. The summed E-state index contributed by atoms with van der Waals surface area (Å²) in [5.41, 5.74) is -0.459. The van der Waals surface area contributed by atoms with E-state index in [1.807, 2.05) is 6.92 Å². The lowest BCUT2D eigenvalue weighted by Gasteiger charge is -2.60. The molecule has 2 heteroatoms. The first kappa shape index (κ1) is 11.2. The van der Waals surface area contributed by atoms with E-state index in [0.29, 0.717) is 36.4 Å². The lowest BCUT2D eigenvalue weighted by Crippen LogP contribution is -2.54. The Morgan fingerprint density at radius 1 is 1.14 bits per heavy atom. The summed E-state index contributed by atoms with van der Waals surface area (Å²) in [6, 6.07) is 0. The Kier molecular flexibility index (Phi) is 2.44. The first-order valence-electron chi connectivity index (χ1n) is 10.3. The van der Waals surface area contributed by atoms with Crippen LogP contribution in [0, 0.1) is 34.5 Å². The van der Waals surface area contributed by atoms with E-state index >= 15 is 0 Å². The van der Waals surface area contributed by atoms with E-state index in [-0.39, 0.29) is 11.3 Å². The number of fused-ring (bicyclic) bond motifs is 5. The van der Waals surface area contributed by atoms with Gasteiger partial charge in [0, 0.05) is 15.6 Å². The summed E-state index contributed by atoms with van der Waals surface area (Å²) in [4.78, 5) is 11.9. The van der Waals surface area contributed by atoms with Crippen LogP contribution in [0.1, 0.15) is 75.7 Å². The molecule has 0 spiro atoms. The Morgan fingerprint density at radius 2 is 1.90 bits per heavy atom. The average molecular weight is 293 g/mol. The average Bonchev–Trinajstić information content (AvgIpc) is 2.64. The van der Waals surface area contributed by atoms with Crippen molar-refractivity contribution in [3.05, 3.63) is 0 Å². The van der Waals surface area contributed by atoms with Gasteiger partial charge in [0.05, 0.1) is 7.45 Å². The van der Waals surface area contributed by atoms with Gasteiger partial charge in [-0.1, -0.05) is 13.8 Å². The van der Waals surface area contributed by atoms with Crippen LogP contribution in [0.15, 0.2) is 0 Å². The summed E-state index contributed by atoms with van der Waals surface area (Å²) in [7, 11) is 0. The van der Waals surface area contributed by atoms with Gasteiger partial charge in [-0.15, -0.1) is 0 Å². The SMILES string of the molecule is [2H]C1([2H])C[C@H]2[C@@H]3CCC4CC(=O)CC[C@]4(C)[C@H]3CC[C@]2(C)[C@@]1([2H])O. The predicted octanol–water partition coefficient (Wildman–Crippen LogP) is 3.96. The van der Waals surface area contributed by atoms with Crippen LogP contribution in [0.5, 0.6) is 0 Å². The zero-order valence-electron chi connectivity index (χ0n) is 16.3. The van der Waals surface area contributed by atoms with Crippen molar-refractivity contribution in [3.63, 3.8) is 0 Å². The van der Waals surface area contributed by atoms with Crippen molar-refractivity contribution in [1.29, 1.82) is 0 Å². The first-order chi connectivity index (χ1) is 11.0. The number of aliphatic hydroxyl groups is 1. The highest BCUT2D eigenvalue weighted by atomic mass is 16.3. The van der Waals surface area contributed by atoms with Crippen LogP contribution in [0.25, 0.3) is 0 Å². The van der Waals surface area contributed by atoms with Crippen LogP contribution in [0.4, 0.5) is 0 Å². The van der Waals surface area contributed by atoms with E-state index in [1.54, 1.807) is 0 Å². The summed E-state index contributed by atoms with van der Waals surface area (Å²) in [6.45, 7) is 4.31. The van der Waals surface area contributed by atoms with E-state index in [9.17, 15) is 9.90 Å². The highest BCUT2D eigenvalue weighted by molar-refractivity contribution is 5.79. The molecule has 1 unspecified atom stereocenters. The number of ketones is 1. The molecule has 4 aliphatic rings. The molecule has 0 saturated heterocycles. The third-order valence-electron chi connectivity index (χ3n) is 7.90. The van der Waals surface area contributed by atoms with Crippen LogP contribution in [-0.2, 0) is 4.79 Å². The molecule has 118 valence electrons. The molecule has 0 aromatic rings. The molecule has 0 aromatic heterocycles. The van der Waals surface area contributed by atoms with Crippen molar-refractivity contribution in [2.24, 2.45) is 34.5 Å². The van der Waals surface area contributed by atoms with Crippen LogP contribution >= 0.6 is 0 Å². The minimum atomic E-state index is -1.99. The maximum atomic E-state index is 11.9. The number of rotatable bonds is 0. The van der Waals surface area contributed by atoms with Crippen molar-refractivity contribution < 1.29 is 14.0 Å². The Labute approximate surface area is 132 Å². The lowest BCUT2D eigenvalue weighted by molar-refractivity contribution is -0.141. The molecule has 0 radical (unpaired) electrons. The highest BCUT2D eigenvalue weighted by Crippen LogP contribution is 2.65. The maximum Gasteiger partial charge on any atom is 0.133 e. The van der Waals surface area contributed by atoms with Gasteiger partial charge in [-0.3, -0.25) is 4.79 Å². The van der Waals surface area contributed by atoms with Gasteiger partial charge in [0.15, 0.2) is 0 Å². The number of hydrogen-bond acceptors (Lipinski definition) is 2. The Balaban J connectivity index is 1.69. The van der Waals surface area contributed by atoms with E-state index < -0.39 is 17.9 Å². The zero-order chi connectivity index (χ0) is 17.5. The second-order valence-electron chi connectivity index (χ2n) is 8.59. The molecular weight excluding hydrogens is 260 g/mol. The second-order valence-corrected chi connectivity index (χ2v) is 8.59. The van der Waals surface area contributed by atoms with Gasteiger partial charge in [-0.25, -0.2) is 0 Å². The summed E-state index contributed by atoms with van der Waals surface area (Å²) in [6.07, 6.45) is 2.66. The van der Waals surface area contributed by atoms with Crippen molar-refractivity contribution in [3.8, 4) is 0 Å². The van der Waals surface area contributed by atoms with Crippen molar-refractivity contribution in [2.45, 2.75) is 77.7 Å². The molecular formula is C19H30O2. The van der Waals surface area contributed by atoms with Gasteiger partial charge < -0.3 is 5.11 Å². The topological polar surface area (TPSA) is 37.3 Å². The smallest absolute Gasteiger partial charge is 0.133 e. The van der Waals surface area contributed by atoms with Gasteiger partial charge in [-0.05, 0) is 79.4 Å². The Bertz CT molecular complexity index is 575. The molecule has 7 atom stereocenters. The third kappa shape index (κ3) is 1.84. The van der Waals surface area contributed by atoms with Crippen LogP contribution in [0.2, 0.25) is 0 Å². The monoisotopic (exact) mass is 293 g/mol. The molecule has 21 heavy (non-hydrogen) atoms. The van der Waals surface area contributed by atoms with Gasteiger partial charge in [0.2, 0.25) is 0 Å². The molecule has 2 nitrogen and oxygen atoms in total. The fourth-order valence-electron chi connectivity index (χ4n) is 6.44. The minimum absolute atomic E-state index is 0.0872. The fourth-order valence-corrected chi connectivity index (χ4v) is 6.44. The van der Waals surface area contributed by atoms with Gasteiger partial charge in [-0.2, -0.15) is 0 Å². The molecule has 0 bridgehead atoms. The number of Topliss-reactive ketones (excluding diaryl/α,β-unsaturated/α-hetero) is 1. The third-order valence-corrected chi connectivity index (χ3v) is 7.90.